The molecule has 0 unspecified atom stereocenters. The van der Waals surface area contributed by atoms with Crippen LogP contribution in [-0.2, 0) is 4.79 Å². The Bertz CT molecular complexity index is 376. The van der Waals surface area contributed by atoms with E-state index in [1.807, 2.05) is 27.7 Å². The van der Waals surface area contributed by atoms with E-state index in [0.29, 0.717) is 19.5 Å². The number of nitrogens with one attached hydrogen (secondary N) is 1. The lowest BCUT2D eigenvalue weighted by Crippen LogP contribution is -2.50. The second-order valence-electron chi connectivity index (χ2n) is 5.80. The molecule has 0 aromatic heterocycles. The lowest BCUT2D eigenvalue weighted by atomic mass is 9.86. The van der Waals surface area contributed by atoms with E-state index in [1.54, 1.807) is 0 Å². The first-order chi connectivity index (χ1) is 8.23. The van der Waals surface area contributed by atoms with Gasteiger partial charge in [-0.05, 0) is 46.3 Å². The van der Waals surface area contributed by atoms with Crippen molar-refractivity contribution in [2.45, 2.75) is 45.2 Å². The van der Waals surface area contributed by atoms with Crippen LogP contribution in [0.15, 0.2) is 4.99 Å². The van der Waals surface area contributed by atoms with Crippen LogP contribution in [0.4, 0.5) is 0 Å². The minimum Gasteiger partial charge on any atom is -0.354 e. The van der Waals surface area contributed by atoms with Gasteiger partial charge in [0.25, 0.3) is 0 Å². The summed E-state index contributed by atoms with van der Waals surface area (Å²) in [7, 11) is 0. The maximum Gasteiger partial charge on any atom is 0.225 e. The van der Waals surface area contributed by atoms with Crippen LogP contribution in [0.5, 0.6) is 0 Å². The molecule has 0 saturated carbocycles. The molecule has 1 aliphatic rings. The highest BCUT2D eigenvalue weighted by Crippen LogP contribution is 2.43. The van der Waals surface area contributed by atoms with E-state index in [4.69, 9.17) is 0 Å². The van der Waals surface area contributed by atoms with Gasteiger partial charge in [-0.3, -0.25) is 4.79 Å². The lowest BCUT2D eigenvalue weighted by molar-refractivity contribution is -0.197. The summed E-state index contributed by atoms with van der Waals surface area (Å²) in [6.45, 7) is 8.49. The Labute approximate surface area is 113 Å². The zero-order valence-corrected chi connectivity index (χ0v) is 12.2. The third-order valence-electron chi connectivity index (χ3n) is 3.58. The van der Waals surface area contributed by atoms with Crippen molar-refractivity contribution in [3.63, 3.8) is 0 Å². The van der Waals surface area contributed by atoms with Crippen LogP contribution in [0, 0.1) is 5.92 Å². The van der Waals surface area contributed by atoms with Gasteiger partial charge in [0.15, 0.2) is 0 Å². The van der Waals surface area contributed by atoms with Gasteiger partial charge < -0.3 is 10.5 Å². The molecule has 6 heteroatoms. The Morgan fingerprint density at radius 3 is 2.61 bits per heavy atom. The van der Waals surface area contributed by atoms with Gasteiger partial charge in [0.05, 0.1) is 23.2 Å². The number of thiocarbonyl (C=S) groups is 1. The van der Waals surface area contributed by atoms with Crippen LogP contribution >= 0.6 is 12.2 Å². The number of hydrogen-bond acceptors (Lipinski definition) is 5. The van der Waals surface area contributed by atoms with E-state index in [1.165, 1.54) is 5.06 Å². The summed E-state index contributed by atoms with van der Waals surface area (Å²) in [5.74, 6) is -0.293. The molecule has 0 radical (unpaired) electrons. The van der Waals surface area contributed by atoms with Crippen molar-refractivity contribution in [3.05, 3.63) is 0 Å². The quantitative estimate of drug-likeness (QED) is 0.462. The Morgan fingerprint density at radius 2 is 2.17 bits per heavy atom. The summed E-state index contributed by atoms with van der Waals surface area (Å²) < 4.78 is 0. The standard InChI is InChI=1S/C12H21N3O2S/c1-11(2)7-9(12(3,4)15(11)17)10(16)14-6-5-13-8-18/h9,17H,5-7H2,1-4H3,(H,14,16)/t9-/m0/s1. The van der Waals surface area contributed by atoms with E-state index in [0.717, 1.165) is 0 Å². The Kier molecular flexibility index (Phi) is 4.61. The van der Waals surface area contributed by atoms with Crippen molar-refractivity contribution < 1.29 is 10.0 Å². The molecule has 0 aromatic rings. The second kappa shape index (κ2) is 5.45. The zero-order valence-electron chi connectivity index (χ0n) is 11.4. The van der Waals surface area contributed by atoms with Gasteiger partial charge in [0, 0.05) is 12.1 Å². The number of nitrogens with zero attached hydrogens (tertiary/aromatic N) is 2. The number of isothiocyanates is 1. The monoisotopic (exact) mass is 271 g/mol. The highest BCUT2D eigenvalue weighted by molar-refractivity contribution is 7.78. The molecule has 18 heavy (non-hydrogen) atoms. The van der Waals surface area contributed by atoms with E-state index >= 15 is 0 Å². The predicted octanol–water partition coefficient (Wildman–Crippen LogP) is 1.47. The maximum absolute atomic E-state index is 12.1. The van der Waals surface area contributed by atoms with Crippen LogP contribution in [0.25, 0.3) is 0 Å². The Balaban J connectivity index is 2.66. The number of hydroxylamine groups is 2. The average molecular weight is 271 g/mol. The normalized spacial score (nSPS) is 25.5. The van der Waals surface area contributed by atoms with Crippen LogP contribution in [0.1, 0.15) is 34.1 Å². The summed E-state index contributed by atoms with van der Waals surface area (Å²) >= 11 is 4.45. The van der Waals surface area contributed by atoms with Crippen molar-refractivity contribution in [1.29, 1.82) is 0 Å². The lowest BCUT2D eigenvalue weighted by Gasteiger charge is -2.35. The van der Waals surface area contributed by atoms with Gasteiger partial charge in [0.2, 0.25) is 5.91 Å². The summed E-state index contributed by atoms with van der Waals surface area (Å²) in [6, 6.07) is 0. The molecule has 5 nitrogen and oxygen atoms in total. The number of carbonyl (C=O) groups is 1. The molecule has 0 aromatic carbocycles. The van der Waals surface area contributed by atoms with E-state index in [9.17, 15) is 10.0 Å². The minimum absolute atomic E-state index is 0.0517. The Morgan fingerprint density at radius 1 is 1.56 bits per heavy atom. The Hall–Kier alpha value is -0.810. The summed E-state index contributed by atoms with van der Waals surface area (Å²) in [5.41, 5.74) is -0.959. The molecule has 1 amide bonds. The average Bonchev–Trinajstić information content (AvgIpc) is 2.45. The number of carbonyl (C=O) groups excluding carboxylic acids is 1. The molecule has 0 aliphatic carbocycles. The molecule has 1 heterocycles. The zero-order chi connectivity index (χ0) is 14.0. The molecular weight excluding hydrogens is 250 g/mol. The summed E-state index contributed by atoms with van der Waals surface area (Å²) in [6.07, 6.45) is 0.624. The molecular formula is C12H21N3O2S. The first-order valence-electron chi connectivity index (χ1n) is 6.04. The third-order valence-corrected chi connectivity index (χ3v) is 3.71. The SMILES string of the molecule is CC1(C)C[C@@H](C(=O)NCCN=C=S)C(C)(C)N1O. The first kappa shape index (κ1) is 15.2. The molecule has 1 fully saturated rings. The molecule has 0 spiro atoms. The van der Waals surface area contributed by atoms with E-state index in [2.05, 4.69) is 27.7 Å². The summed E-state index contributed by atoms with van der Waals surface area (Å²) in [5, 5.41) is 16.5. The van der Waals surface area contributed by atoms with Crippen molar-refractivity contribution in [2.24, 2.45) is 10.9 Å². The van der Waals surface area contributed by atoms with Gasteiger partial charge in [-0.15, -0.1) is 0 Å². The smallest absolute Gasteiger partial charge is 0.225 e. The molecule has 1 atom stereocenters. The largest absolute Gasteiger partial charge is 0.354 e. The second-order valence-corrected chi connectivity index (χ2v) is 5.98. The predicted molar refractivity (Wildman–Crippen MR) is 72.8 cm³/mol. The molecule has 1 rings (SSSR count). The fourth-order valence-electron chi connectivity index (χ4n) is 2.58. The van der Waals surface area contributed by atoms with Gasteiger partial charge >= 0.3 is 0 Å². The number of hydrogen-bond donors (Lipinski definition) is 2. The molecule has 102 valence electrons. The van der Waals surface area contributed by atoms with Crippen molar-refractivity contribution >= 4 is 23.3 Å². The molecule has 1 aliphatic heterocycles. The number of amides is 1. The number of rotatable bonds is 4. The van der Waals surface area contributed by atoms with Gasteiger partial charge in [-0.1, -0.05) is 0 Å². The minimum atomic E-state index is -0.568. The van der Waals surface area contributed by atoms with Crippen molar-refractivity contribution in [1.82, 2.24) is 10.4 Å². The fraction of sp³-hybridized carbons (Fsp3) is 0.833. The first-order valence-corrected chi connectivity index (χ1v) is 6.45. The third kappa shape index (κ3) is 2.95. The van der Waals surface area contributed by atoms with Crippen LogP contribution in [-0.4, -0.2) is 45.5 Å². The van der Waals surface area contributed by atoms with Gasteiger partial charge in [-0.2, -0.15) is 5.06 Å². The van der Waals surface area contributed by atoms with Crippen molar-refractivity contribution in [3.8, 4) is 0 Å². The topological polar surface area (TPSA) is 64.9 Å². The fourth-order valence-corrected chi connectivity index (χ4v) is 2.67. The maximum atomic E-state index is 12.1. The van der Waals surface area contributed by atoms with Crippen molar-refractivity contribution in [2.75, 3.05) is 13.1 Å². The molecule has 0 bridgehead atoms. The molecule has 1 saturated heterocycles. The van der Waals surface area contributed by atoms with Gasteiger partial charge in [0.1, 0.15) is 0 Å². The summed E-state index contributed by atoms with van der Waals surface area (Å²) in [4.78, 5) is 15.9. The van der Waals surface area contributed by atoms with E-state index in [-0.39, 0.29) is 11.8 Å². The van der Waals surface area contributed by atoms with Crippen LogP contribution < -0.4 is 5.32 Å². The van der Waals surface area contributed by atoms with E-state index < -0.39 is 11.1 Å². The highest BCUT2D eigenvalue weighted by atomic mass is 32.1. The van der Waals surface area contributed by atoms with Crippen LogP contribution in [0.3, 0.4) is 0 Å². The number of aliphatic imine (C=N–C) groups is 1. The molecule has 2 N–H and O–H groups in total. The highest BCUT2D eigenvalue weighted by Gasteiger charge is 2.53. The van der Waals surface area contributed by atoms with Crippen LogP contribution in [0.2, 0.25) is 0 Å². The van der Waals surface area contributed by atoms with Gasteiger partial charge in [-0.25, -0.2) is 4.99 Å².